The zero-order valence-corrected chi connectivity index (χ0v) is 12.2. The van der Waals surface area contributed by atoms with Crippen LogP contribution in [0.3, 0.4) is 0 Å². The minimum absolute atomic E-state index is 0.000296. The Morgan fingerprint density at radius 1 is 1.42 bits per heavy atom. The normalized spacial score (nSPS) is 13.7. The van der Waals surface area contributed by atoms with Crippen LogP contribution < -0.4 is 10.5 Å². The number of carbonyl (C=O) groups excluding carboxylic acids is 1. The van der Waals surface area contributed by atoms with Gasteiger partial charge >= 0.3 is 0 Å². The Balaban J connectivity index is 2.94. The average Bonchev–Trinajstić information content (AvgIpc) is 2.46. The van der Waals surface area contributed by atoms with Gasteiger partial charge in [-0.1, -0.05) is 19.1 Å². The third-order valence-corrected chi connectivity index (χ3v) is 3.42. The van der Waals surface area contributed by atoms with Crippen molar-refractivity contribution in [2.75, 3.05) is 13.7 Å². The standard InChI is InChI=1S/C15H24N2O2/c1-5-14(16)15(18)17(6-2)11(3)12-8-7-9-13(10-12)19-4/h7-11,14H,5-6,16H2,1-4H3/t11?,14-/m0/s1. The summed E-state index contributed by atoms with van der Waals surface area (Å²) < 4.78 is 5.22. The molecule has 1 amide bonds. The highest BCUT2D eigenvalue weighted by Gasteiger charge is 2.24. The lowest BCUT2D eigenvalue weighted by Gasteiger charge is -2.30. The molecular formula is C15H24N2O2. The van der Waals surface area contributed by atoms with Crippen LogP contribution in [0.2, 0.25) is 0 Å². The number of amides is 1. The van der Waals surface area contributed by atoms with Gasteiger partial charge in [0.05, 0.1) is 19.2 Å². The SMILES string of the molecule is CC[C@H](N)C(=O)N(CC)C(C)c1cccc(OC)c1. The van der Waals surface area contributed by atoms with Gasteiger partial charge in [0.25, 0.3) is 0 Å². The second kappa shape index (κ2) is 7.14. The molecule has 1 unspecified atom stereocenters. The van der Waals surface area contributed by atoms with Crippen molar-refractivity contribution in [2.45, 2.75) is 39.3 Å². The van der Waals surface area contributed by atoms with Gasteiger partial charge in [0.2, 0.25) is 5.91 Å². The molecule has 1 aromatic carbocycles. The van der Waals surface area contributed by atoms with Crippen LogP contribution >= 0.6 is 0 Å². The van der Waals surface area contributed by atoms with E-state index in [-0.39, 0.29) is 11.9 Å². The Morgan fingerprint density at radius 2 is 2.11 bits per heavy atom. The number of ether oxygens (including phenoxy) is 1. The average molecular weight is 264 g/mol. The molecule has 1 aromatic rings. The van der Waals surface area contributed by atoms with E-state index in [2.05, 4.69) is 0 Å². The molecule has 106 valence electrons. The second-order valence-electron chi connectivity index (χ2n) is 4.59. The highest BCUT2D eigenvalue weighted by Crippen LogP contribution is 2.24. The molecule has 0 aromatic heterocycles. The van der Waals surface area contributed by atoms with Crippen molar-refractivity contribution < 1.29 is 9.53 Å². The summed E-state index contributed by atoms with van der Waals surface area (Å²) in [5, 5.41) is 0. The third-order valence-electron chi connectivity index (χ3n) is 3.42. The van der Waals surface area contributed by atoms with E-state index < -0.39 is 6.04 Å². The fourth-order valence-corrected chi connectivity index (χ4v) is 2.09. The summed E-state index contributed by atoms with van der Waals surface area (Å²) in [6, 6.07) is 7.35. The maximum atomic E-state index is 12.2. The van der Waals surface area contributed by atoms with E-state index >= 15 is 0 Å². The molecule has 19 heavy (non-hydrogen) atoms. The summed E-state index contributed by atoms with van der Waals surface area (Å²) in [6.07, 6.45) is 0.653. The molecule has 1 rings (SSSR count). The van der Waals surface area contributed by atoms with Gasteiger partial charge in [-0.05, 0) is 38.0 Å². The van der Waals surface area contributed by atoms with Gasteiger partial charge in [-0.2, -0.15) is 0 Å². The van der Waals surface area contributed by atoms with Gasteiger partial charge in [0, 0.05) is 6.54 Å². The number of likely N-dealkylation sites (N-methyl/N-ethyl adjacent to an activating group) is 1. The van der Waals surface area contributed by atoms with Crippen LogP contribution in [0.4, 0.5) is 0 Å². The monoisotopic (exact) mass is 264 g/mol. The summed E-state index contributed by atoms with van der Waals surface area (Å²) in [5.41, 5.74) is 6.90. The van der Waals surface area contributed by atoms with Gasteiger partial charge < -0.3 is 15.4 Å². The summed E-state index contributed by atoms with van der Waals surface area (Å²) >= 11 is 0. The van der Waals surface area contributed by atoms with Crippen LogP contribution in [0.15, 0.2) is 24.3 Å². The van der Waals surface area contributed by atoms with Crippen molar-refractivity contribution in [1.82, 2.24) is 4.90 Å². The number of nitrogens with two attached hydrogens (primary N) is 1. The zero-order valence-electron chi connectivity index (χ0n) is 12.2. The van der Waals surface area contributed by atoms with Crippen LogP contribution in [0.5, 0.6) is 5.75 Å². The Bertz CT molecular complexity index is 420. The maximum Gasteiger partial charge on any atom is 0.239 e. The van der Waals surface area contributed by atoms with Gasteiger partial charge in [-0.25, -0.2) is 0 Å². The number of carbonyl (C=O) groups is 1. The first-order valence-corrected chi connectivity index (χ1v) is 6.75. The van der Waals surface area contributed by atoms with Crippen LogP contribution in [0.1, 0.15) is 38.8 Å². The largest absolute Gasteiger partial charge is 0.497 e. The smallest absolute Gasteiger partial charge is 0.239 e. The lowest BCUT2D eigenvalue weighted by molar-refractivity contribution is -0.134. The summed E-state index contributed by atoms with van der Waals surface area (Å²) in [4.78, 5) is 14.1. The van der Waals surface area contributed by atoms with Crippen LogP contribution in [0.25, 0.3) is 0 Å². The molecule has 0 saturated heterocycles. The molecule has 0 aliphatic heterocycles. The van der Waals surface area contributed by atoms with Gasteiger partial charge in [0.15, 0.2) is 0 Å². The van der Waals surface area contributed by atoms with Crippen molar-refractivity contribution in [2.24, 2.45) is 5.73 Å². The molecule has 0 aliphatic rings. The van der Waals surface area contributed by atoms with Gasteiger partial charge in [0.1, 0.15) is 5.75 Å². The molecule has 0 spiro atoms. The van der Waals surface area contributed by atoms with E-state index in [4.69, 9.17) is 10.5 Å². The second-order valence-corrected chi connectivity index (χ2v) is 4.59. The molecule has 4 nitrogen and oxygen atoms in total. The topological polar surface area (TPSA) is 55.6 Å². The molecule has 2 atom stereocenters. The van der Waals surface area contributed by atoms with Crippen LogP contribution in [0, 0.1) is 0 Å². The summed E-state index contributed by atoms with van der Waals surface area (Å²) in [7, 11) is 1.64. The first-order chi connectivity index (χ1) is 9.04. The molecule has 2 N–H and O–H groups in total. The molecule has 4 heteroatoms. The minimum Gasteiger partial charge on any atom is -0.497 e. The molecule has 0 heterocycles. The molecule has 0 saturated carbocycles. The quantitative estimate of drug-likeness (QED) is 0.858. The number of nitrogens with zero attached hydrogens (tertiary/aromatic N) is 1. The van der Waals surface area contributed by atoms with Crippen molar-refractivity contribution >= 4 is 5.91 Å². The van der Waals surface area contributed by atoms with Crippen molar-refractivity contribution in [1.29, 1.82) is 0 Å². The first kappa shape index (κ1) is 15.5. The molecule has 0 fully saturated rings. The van der Waals surface area contributed by atoms with E-state index in [0.717, 1.165) is 11.3 Å². The fourth-order valence-electron chi connectivity index (χ4n) is 2.09. The number of hydrogen-bond acceptors (Lipinski definition) is 3. The fraction of sp³-hybridized carbons (Fsp3) is 0.533. The van der Waals surface area contributed by atoms with Crippen molar-refractivity contribution in [3.63, 3.8) is 0 Å². The Hall–Kier alpha value is -1.55. The molecule has 0 radical (unpaired) electrons. The number of methoxy groups -OCH3 is 1. The Morgan fingerprint density at radius 3 is 2.63 bits per heavy atom. The Kier molecular flexibility index (Phi) is 5.83. The maximum absolute atomic E-state index is 12.2. The summed E-state index contributed by atoms with van der Waals surface area (Å²) in [5.74, 6) is 0.799. The van der Waals surface area contributed by atoms with Crippen molar-refractivity contribution in [3.05, 3.63) is 29.8 Å². The number of benzene rings is 1. The zero-order chi connectivity index (χ0) is 14.4. The van der Waals surface area contributed by atoms with Crippen molar-refractivity contribution in [3.8, 4) is 5.75 Å². The van der Waals surface area contributed by atoms with Gasteiger partial charge in [-0.3, -0.25) is 4.79 Å². The van der Waals surface area contributed by atoms with E-state index in [0.29, 0.717) is 13.0 Å². The van der Waals surface area contributed by atoms with Crippen LogP contribution in [-0.2, 0) is 4.79 Å². The molecule has 0 bridgehead atoms. The highest BCUT2D eigenvalue weighted by atomic mass is 16.5. The lowest BCUT2D eigenvalue weighted by atomic mass is 10.0. The minimum atomic E-state index is -0.423. The van der Waals surface area contributed by atoms with E-state index in [1.807, 2.05) is 49.9 Å². The Labute approximate surface area is 115 Å². The van der Waals surface area contributed by atoms with E-state index in [1.54, 1.807) is 7.11 Å². The lowest BCUT2D eigenvalue weighted by Crippen LogP contribution is -2.44. The molecule has 0 aliphatic carbocycles. The van der Waals surface area contributed by atoms with Gasteiger partial charge in [-0.15, -0.1) is 0 Å². The predicted molar refractivity (Wildman–Crippen MR) is 77.1 cm³/mol. The first-order valence-electron chi connectivity index (χ1n) is 6.75. The number of hydrogen-bond donors (Lipinski definition) is 1. The molecular weight excluding hydrogens is 240 g/mol. The number of rotatable bonds is 6. The van der Waals surface area contributed by atoms with Crippen LogP contribution in [-0.4, -0.2) is 30.5 Å². The van der Waals surface area contributed by atoms with E-state index in [1.165, 1.54) is 0 Å². The summed E-state index contributed by atoms with van der Waals surface area (Å²) in [6.45, 7) is 6.55. The predicted octanol–water partition coefficient (Wildman–Crippen LogP) is 2.34. The van der Waals surface area contributed by atoms with E-state index in [9.17, 15) is 4.79 Å². The highest BCUT2D eigenvalue weighted by molar-refractivity contribution is 5.82. The third kappa shape index (κ3) is 3.70.